The minimum absolute atomic E-state index is 0.0121. The minimum Gasteiger partial charge on any atom is -0.368 e. The molecule has 3 fully saturated rings. The molecule has 1 saturated carbocycles. The van der Waals surface area contributed by atoms with Crippen LogP contribution in [0.5, 0.6) is 0 Å². The summed E-state index contributed by atoms with van der Waals surface area (Å²) < 4.78 is 0. The standard InChI is InChI=1S/C27H30N4O4S/c32-26(29-16-14-28(15-17-29)21-10-12-22(13-11-21)31(34)35)19-30-23-8-4-5-9-24(23)36-25(27(30)33)18-20-6-2-1-3-7-20/h1-3,6-7,10-13,18,23-24H,4-5,8-9,14-17,19H2/b25-18-. The van der Waals surface area contributed by atoms with Crippen LogP contribution in [0.25, 0.3) is 6.08 Å². The summed E-state index contributed by atoms with van der Waals surface area (Å²) in [4.78, 5) is 43.9. The van der Waals surface area contributed by atoms with Crippen LogP contribution in [0, 0.1) is 10.1 Å². The molecule has 1 aliphatic carbocycles. The quantitative estimate of drug-likeness (QED) is 0.344. The molecule has 2 aromatic rings. The van der Waals surface area contributed by atoms with Crippen molar-refractivity contribution in [3.8, 4) is 0 Å². The molecule has 2 aromatic carbocycles. The monoisotopic (exact) mass is 506 g/mol. The number of amides is 2. The lowest BCUT2D eigenvalue weighted by molar-refractivity contribution is -0.384. The van der Waals surface area contributed by atoms with Gasteiger partial charge >= 0.3 is 0 Å². The predicted molar refractivity (Wildman–Crippen MR) is 142 cm³/mol. The molecule has 9 heteroatoms. The molecule has 2 amide bonds. The second kappa shape index (κ2) is 10.7. The van der Waals surface area contributed by atoms with E-state index < -0.39 is 4.92 Å². The Balaban J connectivity index is 1.25. The molecule has 188 valence electrons. The highest BCUT2D eigenvalue weighted by molar-refractivity contribution is 8.04. The number of piperazine rings is 1. The normalized spacial score (nSPS) is 23.5. The summed E-state index contributed by atoms with van der Waals surface area (Å²) in [5.74, 6) is -0.0492. The van der Waals surface area contributed by atoms with Crippen LogP contribution in [-0.4, -0.2) is 70.6 Å². The molecule has 2 heterocycles. The van der Waals surface area contributed by atoms with Gasteiger partial charge in [0.05, 0.1) is 9.83 Å². The summed E-state index contributed by atoms with van der Waals surface area (Å²) >= 11 is 1.68. The van der Waals surface area contributed by atoms with Crippen molar-refractivity contribution >= 4 is 41.0 Å². The lowest BCUT2D eigenvalue weighted by Gasteiger charge is -2.45. The topological polar surface area (TPSA) is 87.0 Å². The van der Waals surface area contributed by atoms with Crippen molar-refractivity contribution in [1.29, 1.82) is 0 Å². The van der Waals surface area contributed by atoms with Crippen LogP contribution in [0.1, 0.15) is 31.2 Å². The van der Waals surface area contributed by atoms with Crippen LogP contribution in [-0.2, 0) is 9.59 Å². The summed E-state index contributed by atoms with van der Waals surface area (Å²) in [5.41, 5.74) is 1.98. The average Bonchev–Trinajstić information content (AvgIpc) is 2.91. The Kier molecular flexibility index (Phi) is 7.27. The van der Waals surface area contributed by atoms with Crippen LogP contribution < -0.4 is 4.90 Å². The fraction of sp³-hybridized carbons (Fsp3) is 0.407. The molecule has 2 saturated heterocycles. The number of carbonyl (C=O) groups is 2. The summed E-state index contributed by atoms with van der Waals surface area (Å²) in [7, 11) is 0. The summed E-state index contributed by atoms with van der Waals surface area (Å²) in [6.45, 7) is 2.54. The van der Waals surface area contributed by atoms with Crippen molar-refractivity contribution in [1.82, 2.24) is 9.80 Å². The van der Waals surface area contributed by atoms with Gasteiger partial charge in [0.2, 0.25) is 5.91 Å². The van der Waals surface area contributed by atoms with Gasteiger partial charge in [0.15, 0.2) is 0 Å². The van der Waals surface area contributed by atoms with E-state index >= 15 is 0 Å². The highest BCUT2D eigenvalue weighted by Crippen LogP contribution is 2.42. The molecule has 2 atom stereocenters. The number of nitrogens with zero attached hydrogens (tertiary/aromatic N) is 4. The van der Waals surface area contributed by atoms with E-state index in [4.69, 9.17) is 0 Å². The molecule has 36 heavy (non-hydrogen) atoms. The van der Waals surface area contributed by atoms with Crippen LogP contribution in [0.15, 0.2) is 59.5 Å². The Morgan fingerprint density at radius 3 is 2.39 bits per heavy atom. The van der Waals surface area contributed by atoms with Crippen molar-refractivity contribution in [2.24, 2.45) is 0 Å². The molecule has 8 nitrogen and oxygen atoms in total. The Hall–Kier alpha value is -3.33. The number of hydrogen-bond acceptors (Lipinski definition) is 6. The Morgan fingerprint density at radius 2 is 1.69 bits per heavy atom. The van der Waals surface area contributed by atoms with Gasteiger partial charge in [0, 0.05) is 55.3 Å². The average molecular weight is 507 g/mol. The second-order valence-electron chi connectivity index (χ2n) is 9.50. The third kappa shape index (κ3) is 5.26. The van der Waals surface area contributed by atoms with Gasteiger partial charge in [-0.15, -0.1) is 11.8 Å². The zero-order valence-electron chi connectivity index (χ0n) is 20.1. The Bertz CT molecular complexity index is 1150. The fourth-order valence-electron chi connectivity index (χ4n) is 5.31. The van der Waals surface area contributed by atoms with E-state index in [1.54, 1.807) is 23.9 Å². The van der Waals surface area contributed by atoms with Crippen molar-refractivity contribution < 1.29 is 14.5 Å². The van der Waals surface area contributed by atoms with Gasteiger partial charge in [-0.1, -0.05) is 43.2 Å². The molecule has 2 unspecified atom stereocenters. The SMILES string of the molecule is O=C(CN1C(=O)/C(=C/c2ccccc2)SC2CCCCC21)N1CCN(c2ccc([N+](=O)[O-])cc2)CC1. The molecule has 2 aliphatic heterocycles. The number of carbonyl (C=O) groups excluding carboxylic acids is 2. The summed E-state index contributed by atoms with van der Waals surface area (Å²) in [5, 5.41) is 11.2. The van der Waals surface area contributed by atoms with E-state index in [0.717, 1.165) is 41.8 Å². The van der Waals surface area contributed by atoms with E-state index in [9.17, 15) is 19.7 Å². The summed E-state index contributed by atoms with van der Waals surface area (Å²) in [6, 6.07) is 16.5. The van der Waals surface area contributed by atoms with E-state index in [0.29, 0.717) is 31.4 Å². The van der Waals surface area contributed by atoms with Crippen molar-refractivity contribution in [3.05, 3.63) is 75.2 Å². The third-order valence-electron chi connectivity index (χ3n) is 7.28. The number of nitro benzene ring substituents is 1. The number of hydrogen-bond donors (Lipinski definition) is 0. The van der Waals surface area contributed by atoms with Gasteiger partial charge in [-0.05, 0) is 36.6 Å². The molecule has 0 bridgehead atoms. The summed E-state index contributed by atoms with van der Waals surface area (Å²) in [6.07, 6.45) is 6.22. The number of fused-ring (bicyclic) bond motifs is 1. The van der Waals surface area contributed by atoms with Crippen LogP contribution in [0.4, 0.5) is 11.4 Å². The highest BCUT2D eigenvalue weighted by Gasteiger charge is 2.41. The largest absolute Gasteiger partial charge is 0.368 e. The van der Waals surface area contributed by atoms with Gasteiger partial charge in [-0.25, -0.2) is 0 Å². The number of thioether (sulfide) groups is 1. The molecule has 3 aliphatic rings. The minimum atomic E-state index is -0.405. The maximum absolute atomic E-state index is 13.5. The molecule has 0 aromatic heterocycles. The number of anilines is 1. The molecular formula is C27H30N4O4S. The van der Waals surface area contributed by atoms with E-state index in [2.05, 4.69) is 4.90 Å². The maximum Gasteiger partial charge on any atom is 0.269 e. The first kappa shape index (κ1) is 24.4. The van der Waals surface area contributed by atoms with Gasteiger partial charge in [0.25, 0.3) is 11.6 Å². The van der Waals surface area contributed by atoms with Crippen LogP contribution >= 0.6 is 11.8 Å². The lowest BCUT2D eigenvalue weighted by atomic mass is 9.93. The first-order chi connectivity index (χ1) is 17.5. The smallest absolute Gasteiger partial charge is 0.269 e. The molecular weight excluding hydrogens is 476 g/mol. The van der Waals surface area contributed by atoms with Gasteiger partial charge in [-0.3, -0.25) is 19.7 Å². The van der Waals surface area contributed by atoms with Crippen LogP contribution in [0.2, 0.25) is 0 Å². The fourth-order valence-corrected chi connectivity index (χ4v) is 6.78. The molecule has 0 spiro atoms. The molecule has 0 radical (unpaired) electrons. The third-order valence-corrected chi connectivity index (χ3v) is 8.68. The highest BCUT2D eigenvalue weighted by atomic mass is 32.2. The van der Waals surface area contributed by atoms with Crippen LogP contribution in [0.3, 0.4) is 0 Å². The number of non-ortho nitro benzene ring substituents is 1. The van der Waals surface area contributed by atoms with E-state index in [1.165, 1.54) is 12.1 Å². The van der Waals surface area contributed by atoms with Crippen molar-refractivity contribution in [2.75, 3.05) is 37.6 Å². The number of nitro groups is 1. The lowest BCUT2D eigenvalue weighted by Crippen LogP contribution is -2.57. The number of benzene rings is 2. The van der Waals surface area contributed by atoms with E-state index in [1.807, 2.05) is 46.2 Å². The maximum atomic E-state index is 13.5. The Morgan fingerprint density at radius 1 is 1.00 bits per heavy atom. The van der Waals surface area contributed by atoms with E-state index in [-0.39, 0.29) is 30.1 Å². The van der Waals surface area contributed by atoms with Crippen molar-refractivity contribution in [3.63, 3.8) is 0 Å². The Labute approximate surface area is 215 Å². The van der Waals surface area contributed by atoms with Gasteiger partial charge < -0.3 is 14.7 Å². The first-order valence-corrected chi connectivity index (χ1v) is 13.4. The zero-order valence-corrected chi connectivity index (χ0v) is 20.9. The second-order valence-corrected chi connectivity index (χ2v) is 10.8. The molecule has 0 N–H and O–H groups in total. The number of rotatable bonds is 5. The zero-order chi connectivity index (χ0) is 25.1. The van der Waals surface area contributed by atoms with Gasteiger partial charge in [0.1, 0.15) is 6.54 Å². The molecule has 5 rings (SSSR count). The van der Waals surface area contributed by atoms with Gasteiger partial charge in [-0.2, -0.15) is 0 Å². The van der Waals surface area contributed by atoms with Crippen molar-refractivity contribution in [2.45, 2.75) is 37.0 Å². The first-order valence-electron chi connectivity index (χ1n) is 12.5. The predicted octanol–water partition coefficient (Wildman–Crippen LogP) is 4.17.